The minimum absolute atomic E-state index is 0.411. The molecule has 0 spiro atoms. The minimum atomic E-state index is 0.411. The summed E-state index contributed by atoms with van der Waals surface area (Å²) in [5, 5.41) is 5.67. The fourth-order valence-corrected chi connectivity index (χ4v) is 3.56. The van der Waals surface area contributed by atoms with Gasteiger partial charge in [-0.15, -0.1) is 11.3 Å². The van der Waals surface area contributed by atoms with E-state index in [4.69, 9.17) is 4.74 Å². The first-order valence-electron chi connectivity index (χ1n) is 8.28. The van der Waals surface area contributed by atoms with Gasteiger partial charge in [-0.1, -0.05) is 26.8 Å². The molecular weight excluding hydrogens is 280 g/mol. The molecule has 120 valence electrons. The van der Waals surface area contributed by atoms with Crippen molar-refractivity contribution < 1.29 is 4.74 Å². The summed E-state index contributed by atoms with van der Waals surface area (Å²) in [7, 11) is 0. The fourth-order valence-electron chi connectivity index (χ4n) is 2.81. The van der Waals surface area contributed by atoms with Crippen molar-refractivity contribution in [2.24, 2.45) is 5.92 Å². The van der Waals surface area contributed by atoms with Gasteiger partial charge in [-0.05, 0) is 43.3 Å². The number of nitrogens with one attached hydrogen (secondary N) is 1. The molecule has 2 heterocycles. The van der Waals surface area contributed by atoms with Crippen LogP contribution in [0.15, 0.2) is 17.5 Å². The maximum atomic E-state index is 6.19. The number of hydrogen-bond donors (Lipinski definition) is 1. The second-order valence-electron chi connectivity index (χ2n) is 6.42. The van der Waals surface area contributed by atoms with Gasteiger partial charge < -0.3 is 10.1 Å². The predicted octanol–water partition coefficient (Wildman–Crippen LogP) is 3.36. The van der Waals surface area contributed by atoms with Crippen molar-refractivity contribution in [3.8, 4) is 0 Å². The zero-order valence-electron chi connectivity index (χ0n) is 13.7. The molecule has 1 N–H and O–H groups in total. The van der Waals surface area contributed by atoms with Gasteiger partial charge in [0.1, 0.15) is 0 Å². The van der Waals surface area contributed by atoms with Gasteiger partial charge in [0.15, 0.2) is 0 Å². The van der Waals surface area contributed by atoms with Gasteiger partial charge in [-0.25, -0.2) is 0 Å². The molecule has 0 bridgehead atoms. The first-order chi connectivity index (χ1) is 10.2. The molecule has 0 amide bonds. The van der Waals surface area contributed by atoms with E-state index in [1.807, 2.05) is 11.3 Å². The third-order valence-corrected chi connectivity index (χ3v) is 4.85. The van der Waals surface area contributed by atoms with Crippen molar-refractivity contribution >= 4 is 11.3 Å². The molecule has 1 aliphatic rings. The predicted molar refractivity (Wildman–Crippen MR) is 90.9 cm³/mol. The molecule has 1 aromatic heterocycles. The summed E-state index contributed by atoms with van der Waals surface area (Å²) in [6.07, 6.45) is 3.23. The summed E-state index contributed by atoms with van der Waals surface area (Å²) in [5.41, 5.74) is 0. The molecular formula is C17H30N2OS. The Kier molecular flexibility index (Phi) is 7.17. The Morgan fingerprint density at radius 1 is 1.38 bits per heavy atom. The van der Waals surface area contributed by atoms with Gasteiger partial charge in [0.05, 0.1) is 12.2 Å². The molecule has 2 atom stereocenters. The summed E-state index contributed by atoms with van der Waals surface area (Å²) >= 11 is 1.85. The van der Waals surface area contributed by atoms with Crippen LogP contribution >= 0.6 is 11.3 Å². The van der Waals surface area contributed by atoms with Gasteiger partial charge in [-0.2, -0.15) is 0 Å². The van der Waals surface area contributed by atoms with E-state index in [0.29, 0.717) is 18.1 Å². The van der Waals surface area contributed by atoms with Crippen LogP contribution in [0.4, 0.5) is 0 Å². The lowest BCUT2D eigenvalue weighted by molar-refractivity contribution is 0.0228. The Bertz CT molecular complexity index is 380. The number of ether oxygens (including phenoxy) is 1. The molecule has 4 heteroatoms. The Hall–Kier alpha value is -0.420. The van der Waals surface area contributed by atoms with Crippen LogP contribution in [-0.2, 0) is 11.3 Å². The molecule has 0 aromatic carbocycles. The third-order valence-electron chi connectivity index (χ3n) is 3.99. The Balaban J connectivity index is 1.68. The topological polar surface area (TPSA) is 24.5 Å². The summed E-state index contributed by atoms with van der Waals surface area (Å²) in [5.74, 6) is 0.712. The van der Waals surface area contributed by atoms with Gasteiger partial charge in [0, 0.05) is 24.5 Å². The van der Waals surface area contributed by atoms with Gasteiger partial charge in [0.2, 0.25) is 0 Å². The molecule has 0 saturated carbocycles. The normalized spacial score (nSPS) is 22.5. The van der Waals surface area contributed by atoms with Crippen LogP contribution in [0.2, 0.25) is 0 Å². The number of thiophene rings is 1. The molecule has 0 radical (unpaired) electrons. The SMILES string of the molecule is CCN(Cc1cccs1)CC1CCC(CNCC(C)C)O1. The number of hydrogen-bond acceptors (Lipinski definition) is 4. The summed E-state index contributed by atoms with van der Waals surface area (Å²) in [6, 6.07) is 4.36. The smallest absolute Gasteiger partial charge is 0.0707 e. The summed E-state index contributed by atoms with van der Waals surface area (Å²) < 4.78 is 6.19. The Morgan fingerprint density at radius 2 is 2.19 bits per heavy atom. The van der Waals surface area contributed by atoms with E-state index in [2.05, 4.69) is 48.5 Å². The number of rotatable bonds is 9. The molecule has 1 aliphatic heterocycles. The molecule has 2 unspecified atom stereocenters. The molecule has 1 saturated heterocycles. The summed E-state index contributed by atoms with van der Waals surface area (Å²) in [6.45, 7) is 12.0. The third kappa shape index (κ3) is 6.07. The monoisotopic (exact) mass is 310 g/mol. The fraction of sp³-hybridized carbons (Fsp3) is 0.765. The van der Waals surface area contributed by atoms with Crippen molar-refractivity contribution in [2.45, 2.75) is 52.4 Å². The van der Waals surface area contributed by atoms with Gasteiger partial charge >= 0.3 is 0 Å². The highest BCUT2D eigenvalue weighted by Crippen LogP contribution is 2.21. The van der Waals surface area contributed by atoms with Gasteiger partial charge in [0.25, 0.3) is 0 Å². The van der Waals surface area contributed by atoms with E-state index >= 15 is 0 Å². The van der Waals surface area contributed by atoms with Crippen LogP contribution < -0.4 is 5.32 Å². The van der Waals surface area contributed by atoms with E-state index in [1.54, 1.807) is 0 Å². The maximum Gasteiger partial charge on any atom is 0.0707 e. The lowest BCUT2D eigenvalue weighted by Gasteiger charge is -2.24. The summed E-state index contributed by atoms with van der Waals surface area (Å²) in [4.78, 5) is 3.95. The van der Waals surface area contributed by atoms with Crippen molar-refractivity contribution in [2.75, 3.05) is 26.2 Å². The lowest BCUT2D eigenvalue weighted by atomic mass is 10.1. The van der Waals surface area contributed by atoms with Crippen LogP contribution in [0.3, 0.4) is 0 Å². The molecule has 2 rings (SSSR count). The number of nitrogens with zero attached hydrogens (tertiary/aromatic N) is 1. The van der Waals surface area contributed by atoms with Crippen molar-refractivity contribution in [3.63, 3.8) is 0 Å². The van der Waals surface area contributed by atoms with Crippen LogP contribution in [0.5, 0.6) is 0 Å². The van der Waals surface area contributed by atoms with Crippen LogP contribution in [-0.4, -0.2) is 43.3 Å². The van der Waals surface area contributed by atoms with E-state index < -0.39 is 0 Å². The van der Waals surface area contributed by atoms with Crippen LogP contribution in [0, 0.1) is 5.92 Å². The van der Waals surface area contributed by atoms with Crippen molar-refractivity contribution in [3.05, 3.63) is 22.4 Å². The maximum absolute atomic E-state index is 6.19. The largest absolute Gasteiger partial charge is 0.372 e. The zero-order valence-corrected chi connectivity index (χ0v) is 14.5. The van der Waals surface area contributed by atoms with E-state index in [9.17, 15) is 0 Å². The Morgan fingerprint density at radius 3 is 2.86 bits per heavy atom. The average Bonchev–Trinajstić information content (AvgIpc) is 3.09. The van der Waals surface area contributed by atoms with E-state index in [1.165, 1.54) is 17.7 Å². The van der Waals surface area contributed by atoms with E-state index in [-0.39, 0.29) is 0 Å². The molecule has 21 heavy (non-hydrogen) atoms. The highest BCUT2D eigenvalue weighted by atomic mass is 32.1. The molecule has 0 aliphatic carbocycles. The molecule has 1 fully saturated rings. The molecule has 3 nitrogen and oxygen atoms in total. The second kappa shape index (κ2) is 8.89. The zero-order chi connectivity index (χ0) is 15.1. The Labute approximate surface area is 133 Å². The average molecular weight is 311 g/mol. The standard InChI is InChI=1S/C17H30N2OS/c1-4-19(13-17-6-5-9-21-17)12-16-8-7-15(20-16)11-18-10-14(2)3/h5-6,9,14-16,18H,4,7-8,10-13H2,1-3H3. The highest BCUT2D eigenvalue weighted by molar-refractivity contribution is 7.09. The molecule has 1 aromatic rings. The lowest BCUT2D eigenvalue weighted by Crippen LogP contribution is -2.34. The second-order valence-corrected chi connectivity index (χ2v) is 7.45. The van der Waals surface area contributed by atoms with Crippen molar-refractivity contribution in [1.29, 1.82) is 0 Å². The first kappa shape index (κ1) is 16.9. The first-order valence-corrected chi connectivity index (χ1v) is 9.16. The highest BCUT2D eigenvalue weighted by Gasteiger charge is 2.26. The quantitative estimate of drug-likeness (QED) is 0.757. The van der Waals surface area contributed by atoms with Crippen LogP contribution in [0.25, 0.3) is 0 Å². The van der Waals surface area contributed by atoms with E-state index in [0.717, 1.165) is 32.7 Å². The number of likely N-dealkylation sites (N-methyl/N-ethyl adjacent to an activating group) is 1. The van der Waals surface area contributed by atoms with Gasteiger partial charge in [-0.3, -0.25) is 4.90 Å². The van der Waals surface area contributed by atoms with Crippen LogP contribution in [0.1, 0.15) is 38.5 Å². The minimum Gasteiger partial charge on any atom is -0.372 e. The van der Waals surface area contributed by atoms with Crippen molar-refractivity contribution in [1.82, 2.24) is 10.2 Å².